The predicted molar refractivity (Wildman–Crippen MR) is 71.9 cm³/mol. The molecule has 0 saturated carbocycles. The molecule has 1 aromatic heterocycles. The highest BCUT2D eigenvalue weighted by molar-refractivity contribution is 7.10. The Labute approximate surface area is 115 Å². The zero-order valence-electron chi connectivity index (χ0n) is 9.97. The van der Waals surface area contributed by atoms with Gasteiger partial charge in [0.2, 0.25) is 11.8 Å². The molecule has 0 spiro atoms. The normalized spacial score (nSPS) is 15.8. The molecule has 0 atom stereocenters. The SMILES string of the molecule is O=C(CCl)N1CCN(C(=O)Cc2cccs2)CC1. The Balaban J connectivity index is 1.82. The summed E-state index contributed by atoms with van der Waals surface area (Å²) in [6.45, 7) is 2.38. The second-order valence-corrected chi connectivity index (χ2v) is 5.45. The number of nitrogens with zero attached hydrogens (tertiary/aromatic N) is 2. The van der Waals surface area contributed by atoms with E-state index in [2.05, 4.69) is 0 Å². The molecule has 2 rings (SSSR count). The lowest BCUT2D eigenvalue weighted by molar-refractivity contribution is -0.137. The third kappa shape index (κ3) is 3.23. The molecule has 0 unspecified atom stereocenters. The van der Waals surface area contributed by atoms with Crippen LogP contribution < -0.4 is 0 Å². The van der Waals surface area contributed by atoms with Crippen LogP contribution >= 0.6 is 22.9 Å². The van der Waals surface area contributed by atoms with Crippen molar-refractivity contribution < 1.29 is 9.59 Å². The molecule has 1 fully saturated rings. The average Bonchev–Trinajstić information content (AvgIpc) is 2.91. The van der Waals surface area contributed by atoms with E-state index in [0.29, 0.717) is 32.6 Å². The maximum absolute atomic E-state index is 12.0. The minimum absolute atomic E-state index is 0.0170. The van der Waals surface area contributed by atoms with Crippen LogP contribution in [0.15, 0.2) is 17.5 Å². The number of hydrogen-bond donors (Lipinski definition) is 0. The van der Waals surface area contributed by atoms with Crippen LogP contribution in [-0.4, -0.2) is 53.7 Å². The molecule has 1 aliphatic heterocycles. The zero-order chi connectivity index (χ0) is 13.0. The van der Waals surface area contributed by atoms with Gasteiger partial charge in [-0.05, 0) is 11.4 Å². The maximum atomic E-state index is 12.0. The van der Waals surface area contributed by atoms with Gasteiger partial charge in [0.25, 0.3) is 0 Å². The summed E-state index contributed by atoms with van der Waals surface area (Å²) >= 11 is 7.10. The van der Waals surface area contributed by atoms with Crippen LogP contribution in [0.2, 0.25) is 0 Å². The number of thiophene rings is 1. The van der Waals surface area contributed by atoms with E-state index in [9.17, 15) is 9.59 Å². The number of carbonyl (C=O) groups excluding carboxylic acids is 2. The Morgan fingerprint density at radius 3 is 2.28 bits per heavy atom. The molecule has 0 radical (unpaired) electrons. The Hall–Kier alpha value is -1.07. The summed E-state index contributed by atoms with van der Waals surface area (Å²) < 4.78 is 0. The van der Waals surface area contributed by atoms with Gasteiger partial charge in [-0.15, -0.1) is 22.9 Å². The molecule has 98 valence electrons. The van der Waals surface area contributed by atoms with E-state index in [1.807, 2.05) is 22.4 Å². The van der Waals surface area contributed by atoms with Crippen LogP contribution in [0.4, 0.5) is 0 Å². The van der Waals surface area contributed by atoms with Crippen LogP contribution in [0.1, 0.15) is 4.88 Å². The second kappa shape index (κ2) is 6.20. The van der Waals surface area contributed by atoms with Gasteiger partial charge in [-0.2, -0.15) is 0 Å². The lowest BCUT2D eigenvalue weighted by Gasteiger charge is -2.34. The van der Waals surface area contributed by atoms with Gasteiger partial charge in [-0.1, -0.05) is 6.07 Å². The van der Waals surface area contributed by atoms with Crippen molar-refractivity contribution in [3.8, 4) is 0 Å². The van der Waals surface area contributed by atoms with Gasteiger partial charge >= 0.3 is 0 Å². The summed E-state index contributed by atoms with van der Waals surface area (Å²) in [5.41, 5.74) is 0. The average molecular weight is 287 g/mol. The molecule has 0 N–H and O–H groups in total. The van der Waals surface area contributed by atoms with Gasteiger partial charge < -0.3 is 9.80 Å². The standard InChI is InChI=1S/C12H15ClN2O2S/c13-9-12(17)15-5-3-14(4-6-15)11(16)8-10-2-1-7-18-10/h1-2,7H,3-6,8-9H2. The summed E-state index contributed by atoms with van der Waals surface area (Å²) in [6.07, 6.45) is 0.459. The first kappa shape index (κ1) is 13.4. The summed E-state index contributed by atoms with van der Waals surface area (Å²) in [6, 6.07) is 3.92. The highest BCUT2D eigenvalue weighted by Gasteiger charge is 2.23. The molecule has 1 aromatic rings. The van der Waals surface area contributed by atoms with Crippen LogP contribution in [0, 0.1) is 0 Å². The fourth-order valence-corrected chi connectivity index (χ4v) is 2.83. The largest absolute Gasteiger partial charge is 0.339 e. The number of rotatable bonds is 3. The third-order valence-corrected chi connectivity index (χ3v) is 4.11. The summed E-state index contributed by atoms with van der Waals surface area (Å²) in [5.74, 6) is 0.0980. The quantitative estimate of drug-likeness (QED) is 0.784. The molecule has 1 aliphatic rings. The summed E-state index contributed by atoms with van der Waals surface area (Å²) in [7, 11) is 0. The Morgan fingerprint density at radius 2 is 1.78 bits per heavy atom. The van der Waals surface area contributed by atoms with E-state index in [1.165, 1.54) is 0 Å². The first-order chi connectivity index (χ1) is 8.70. The van der Waals surface area contributed by atoms with E-state index < -0.39 is 0 Å². The van der Waals surface area contributed by atoms with Crippen molar-refractivity contribution in [3.63, 3.8) is 0 Å². The van der Waals surface area contributed by atoms with Gasteiger partial charge in [0.15, 0.2) is 0 Å². The lowest BCUT2D eigenvalue weighted by atomic mass is 10.2. The van der Waals surface area contributed by atoms with Gasteiger partial charge in [-0.3, -0.25) is 9.59 Å². The first-order valence-corrected chi connectivity index (χ1v) is 7.26. The van der Waals surface area contributed by atoms with Crippen molar-refractivity contribution in [2.24, 2.45) is 0 Å². The third-order valence-electron chi connectivity index (χ3n) is 3.00. The predicted octanol–water partition coefficient (Wildman–Crippen LogP) is 1.20. The molecule has 0 bridgehead atoms. The van der Waals surface area contributed by atoms with Gasteiger partial charge in [0.05, 0.1) is 6.42 Å². The van der Waals surface area contributed by atoms with Crippen molar-refractivity contribution in [2.45, 2.75) is 6.42 Å². The maximum Gasteiger partial charge on any atom is 0.237 e. The molecule has 0 aromatic carbocycles. The highest BCUT2D eigenvalue weighted by Crippen LogP contribution is 2.12. The second-order valence-electron chi connectivity index (χ2n) is 4.15. The topological polar surface area (TPSA) is 40.6 Å². The smallest absolute Gasteiger partial charge is 0.237 e. The highest BCUT2D eigenvalue weighted by atomic mass is 35.5. The Kier molecular flexibility index (Phi) is 4.60. The molecule has 6 heteroatoms. The van der Waals surface area contributed by atoms with Crippen molar-refractivity contribution in [3.05, 3.63) is 22.4 Å². The Bertz CT molecular complexity index is 414. The van der Waals surface area contributed by atoms with E-state index in [-0.39, 0.29) is 17.7 Å². The minimum atomic E-state index is -0.0537. The molecule has 1 saturated heterocycles. The van der Waals surface area contributed by atoms with E-state index in [0.717, 1.165) is 4.88 Å². The van der Waals surface area contributed by atoms with Gasteiger partial charge in [-0.25, -0.2) is 0 Å². The van der Waals surface area contributed by atoms with Crippen LogP contribution in [0.5, 0.6) is 0 Å². The molecular formula is C12H15ClN2O2S. The van der Waals surface area contributed by atoms with Crippen molar-refractivity contribution in [1.29, 1.82) is 0 Å². The number of halogens is 1. The zero-order valence-corrected chi connectivity index (χ0v) is 11.5. The molecule has 0 aliphatic carbocycles. The number of carbonyl (C=O) groups is 2. The van der Waals surface area contributed by atoms with Crippen molar-refractivity contribution in [1.82, 2.24) is 9.80 Å². The molecule has 2 amide bonds. The molecule has 18 heavy (non-hydrogen) atoms. The number of alkyl halides is 1. The monoisotopic (exact) mass is 286 g/mol. The summed E-state index contributed by atoms with van der Waals surface area (Å²) in [5, 5.41) is 1.97. The number of hydrogen-bond acceptors (Lipinski definition) is 3. The van der Waals surface area contributed by atoms with Crippen molar-refractivity contribution in [2.75, 3.05) is 32.1 Å². The number of amides is 2. The molecule has 4 nitrogen and oxygen atoms in total. The molecule has 2 heterocycles. The number of piperazine rings is 1. The summed E-state index contributed by atoms with van der Waals surface area (Å²) in [4.78, 5) is 28.0. The lowest BCUT2D eigenvalue weighted by Crippen LogP contribution is -2.51. The van der Waals surface area contributed by atoms with Crippen molar-refractivity contribution >= 4 is 34.8 Å². The fourth-order valence-electron chi connectivity index (χ4n) is 1.96. The van der Waals surface area contributed by atoms with E-state index >= 15 is 0 Å². The van der Waals surface area contributed by atoms with Gasteiger partial charge in [0, 0.05) is 31.1 Å². The fraction of sp³-hybridized carbons (Fsp3) is 0.500. The van der Waals surface area contributed by atoms with E-state index in [1.54, 1.807) is 16.2 Å². The first-order valence-electron chi connectivity index (χ1n) is 5.84. The van der Waals surface area contributed by atoms with E-state index in [4.69, 9.17) is 11.6 Å². The van der Waals surface area contributed by atoms with Crippen LogP contribution in [0.25, 0.3) is 0 Å². The van der Waals surface area contributed by atoms with Crippen LogP contribution in [-0.2, 0) is 16.0 Å². The Morgan fingerprint density at radius 1 is 1.17 bits per heavy atom. The minimum Gasteiger partial charge on any atom is -0.339 e. The van der Waals surface area contributed by atoms with Gasteiger partial charge in [0.1, 0.15) is 5.88 Å². The van der Waals surface area contributed by atoms with Crippen LogP contribution in [0.3, 0.4) is 0 Å². The molecular weight excluding hydrogens is 272 g/mol.